The smallest absolute Gasteiger partial charge is 0.164 e. The van der Waals surface area contributed by atoms with Crippen LogP contribution in [0, 0.1) is 0 Å². The molecule has 0 bridgehead atoms. The first kappa shape index (κ1) is 28.6. The highest BCUT2D eigenvalue weighted by atomic mass is 32.1. The van der Waals surface area contributed by atoms with Gasteiger partial charge in [0.05, 0.1) is 11.0 Å². The van der Waals surface area contributed by atoms with Crippen LogP contribution in [0.3, 0.4) is 0 Å². The molecule has 0 aliphatic heterocycles. The number of rotatable bonds is 5. The van der Waals surface area contributed by atoms with E-state index in [2.05, 4.69) is 114 Å². The van der Waals surface area contributed by atoms with E-state index in [1.54, 1.807) is 11.3 Å². The molecule has 0 fully saturated rings. The van der Waals surface area contributed by atoms with Crippen molar-refractivity contribution < 1.29 is 0 Å². The summed E-state index contributed by atoms with van der Waals surface area (Å²) in [6, 6.07) is 59.8. The summed E-state index contributed by atoms with van der Waals surface area (Å²) >= 11 is 1.80. The standard InChI is InChI=1S/C45H28N4S/c1-4-13-29(14-5-1)34-20-12-22-39-42(34)36-19-10-11-21-38(36)49(39)33-24-26-40-37(28-33)35-25-23-32(27-41(35)50-40)45-47-43(30-15-6-2-7-16-30)46-44(48-45)31-17-8-3-9-18-31/h1-28H. The van der Waals surface area contributed by atoms with Crippen LogP contribution in [0.1, 0.15) is 0 Å². The zero-order valence-corrected chi connectivity index (χ0v) is 27.7. The van der Waals surface area contributed by atoms with Crippen molar-refractivity contribution in [2.45, 2.75) is 0 Å². The maximum atomic E-state index is 4.97. The summed E-state index contributed by atoms with van der Waals surface area (Å²) in [5, 5.41) is 4.99. The lowest BCUT2D eigenvalue weighted by Gasteiger charge is -2.09. The third kappa shape index (κ3) is 4.71. The molecule has 3 aromatic heterocycles. The number of nitrogens with zero attached hydrogens (tertiary/aromatic N) is 4. The van der Waals surface area contributed by atoms with Crippen LogP contribution in [0.15, 0.2) is 170 Å². The Labute approximate surface area is 292 Å². The quantitative estimate of drug-likeness (QED) is 0.185. The van der Waals surface area contributed by atoms with E-state index in [-0.39, 0.29) is 0 Å². The Kier molecular flexibility index (Phi) is 6.64. The Morgan fingerprint density at radius 3 is 1.68 bits per heavy atom. The summed E-state index contributed by atoms with van der Waals surface area (Å²) in [7, 11) is 0. The first-order valence-corrected chi connectivity index (χ1v) is 17.5. The van der Waals surface area contributed by atoms with E-state index < -0.39 is 0 Å². The van der Waals surface area contributed by atoms with Crippen molar-refractivity contribution in [3.63, 3.8) is 0 Å². The van der Waals surface area contributed by atoms with Gasteiger partial charge in [-0.1, -0.05) is 133 Å². The highest BCUT2D eigenvalue weighted by Gasteiger charge is 2.18. The maximum absolute atomic E-state index is 4.97. The van der Waals surface area contributed by atoms with E-state index in [1.807, 2.05) is 60.7 Å². The van der Waals surface area contributed by atoms with Gasteiger partial charge in [-0.05, 0) is 47.5 Å². The molecular weight excluding hydrogens is 629 g/mol. The molecule has 3 heterocycles. The highest BCUT2D eigenvalue weighted by Crippen LogP contribution is 2.41. The fourth-order valence-electron chi connectivity index (χ4n) is 7.14. The highest BCUT2D eigenvalue weighted by molar-refractivity contribution is 7.25. The van der Waals surface area contributed by atoms with Gasteiger partial charge in [0.15, 0.2) is 17.5 Å². The second-order valence-corrected chi connectivity index (χ2v) is 13.5. The van der Waals surface area contributed by atoms with Crippen molar-refractivity contribution in [2.75, 3.05) is 0 Å². The Morgan fingerprint density at radius 1 is 0.380 bits per heavy atom. The molecular formula is C45H28N4S. The maximum Gasteiger partial charge on any atom is 0.164 e. The van der Waals surface area contributed by atoms with Gasteiger partial charge < -0.3 is 4.57 Å². The third-order valence-electron chi connectivity index (χ3n) is 9.45. The van der Waals surface area contributed by atoms with Gasteiger partial charge in [0.1, 0.15) is 0 Å². The number of para-hydroxylation sites is 1. The molecule has 0 amide bonds. The number of aromatic nitrogens is 4. The Hall–Kier alpha value is -6.43. The molecule has 0 spiro atoms. The van der Waals surface area contributed by atoms with Crippen molar-refractivity contribution in [1.29, 1.82) is 0 Å². The van der Waals surface area contributed by atoms with Gasteiger partial charge in [0.2, 0.25) is 0 Å². The van der Waals surface area contributed by atoms with Gasteiger partial charge in [-0.2, -0.15) is 0 Å². The van der Waals surface area contributed by atoms with E-state index >= 15 is 0 Å². The monoisotopic (exact) mass is 656 g/mol. The molecule has 50 heavy (non-hydrogen) atoms. The van der Waals surface area contributed by atoms with E-state index in [0.717, 1.165) is 22.4 Å². The fraction of sp³-hybridized carbons (Fsp3) is 0. The summed E-state index contributed by atoms with van der Waals surface area (Å²) in [5.74, 6) is 1.99. The molecule has 0 atom stereocenters. The van der Waals surface area contributed by atoms with Gasteiger partial charge in [-0.3, -0.25) is 0 Å². The number of fused-ring (bicyclic) bond motifs is 6. The summed E-state index contributed by atoms with van der Waals surface area (Å²) in [5.41, 5.74) is 8.91. The van der Waals surface area contributed by atoms with Crippen molar-refractivity contribution in [3.8, 4) is 51.0 Å². The van der Waals surface area contributed by atoms with Crippen molar-refractivity contribution in [3.05, 3.63) is 170 Å². The average Bonchev–Trinajstić information content (AvgIpc) is 3.73. The molecule has 10 rings (SSSR count). The topological polar surface area (TPSA) is 43.6 Å². The predicted molar refractivity (Wildman–Crippen MR) is 209 cm³/mol. The summed E-state index contributed by atoms with van der Waals surface area (Å²) < 4.78 is 4.86. The zero-order valence-electron chi connectivity index (χ0n) is 26.9. The molecule has 0 saturated heterocycles. The Morgan fingerprint density at radius 2 is 0.980 bits per heavy atom. The fourth-order valence-corrected chi connectivity index (χ4v) is 8.26. The first-order chi connectivity index (χ1) is 24.8. The molecule has 7 aromatic carbocycles. The lowest BCUT2D eigenvalue weighted by Crippen LogP contribution is -1.99. The van der Waals surface area contributed by atoms with Crippen LogP contribution in [0.5, 0.6) is 0 Å². The molecule has 0 radical (unpaired) electrons. The van der Waals surface area contributed by atoms with Crippen LogP contribution in [0.4, 0.5) is 0 Å². The Bertz CT molecular complexity index is 2800. The van der Waals surface area contributed by atoms with Gasteiger partial charge in [0.25, 0.3) is 0 Å². The second kappa shape index (κ2) is 11.6. The Balaban J connectivity index is 1.13. The van der Waals surface area contributed by atoms with E-state index in [0.29, 0.717) is 17.5 Å². The van der Waals surface area contributed by atoms with E-state index in [1.165, 1.54) is 53.1 Å². The summed E-state index contributed by atoms with van der Waals surface area (Å²) in [6.45, 7) is 0. The van der Waals surface area contributed by atoms with E-state index in [9.17, 15) is 0 Å². The molecule has 0 saturated carbocycles. The molecule has 10 aromatic rings. The molecule has 0 unspecified atom stereocenters. The van der Waals surface area contributed by atoms with Gasteiger partial charge in [0, 0.05) is 53.3 Å². The van der Waals surface area contributed by atoms with E-state index in [4.69, 9.17) is 15.0 Å². The van der Waals surface area contributed by atoms with Crippen molar-refractivity contribution >= 4 is 53.3 Å². The minimum absolute atomic E-state index is 0.664. The SMILES string of the molecule is c1ccc(-c2nc(-c3ccccc3)nc(-c3ccc4c(c3)sc3ccc(-n5c6ccccc6c6c(-c7ccccc7)cccc65)cc34)n2)cc1. The zero-order chi connectivity index (χ0) is 33.0. The molecule has 0 aliphatic carbocycles. The van der Waals surface area contributed by atoms with Gasteiger partial charge >= 0.3 is 0 Å². The number of benzene rings is 7. The largest absolute Gasteiger partial charge is 0.309 e. The van der Waals surface area contributed by atoms with Crippen LogP contribution < -0.4 is 0 Å². The van der Waals surface area contributed by atoms with Crippen molar-refractivity contribution in [2.24, 2.45) is 0 Å². The molecule has 0 N–H and O–H groups in total. The number of hydrogen-bond donors (Lipinski definition) is 0. The summed E-state index contributed by atoms with van der Waals surface area (Å²) in [4.78, 5) is 14.8. The van der Waals surface area contributed by atoms with Crippen LogP contribution in [0.2, 0.25) is 0 Å². The van der Waals surface area contributed by atoms with Crippen LogP contribution in [-0.4, -0.2) is 19.5 Å². The van der Waals surface area contributed by atoms with Crippen LogP contribution in [-0.2, 0) is 0 Å². The number of hydrogen-bond acceptors (Lipinski definition) is 4. The molecule has 5 heteroatoms. The van der Waals surface area contributed by atoms with Gasteiger partial charge in [-0.25, -0.2) is 15.0 Å². The minimum Gasteiger partial charge on any atom is -0.309 e. The lowest BCUT2D eigenvalue weighted by molar-refractivity contribution is 1.07. The molecule has 234 valence electrons. The molecule has 4 nitrogen and oxygen atoms in total. The normalized spacial score (nSPS) is 11.6. The third-order valence-corrected chi connectivity index (χ3v) is 10.6. The van der Waals surface area contributed by atoms with Crippen molar-refractivity contribution in [1.82, 2.24) is 19.5 Å². The predicted octanol–water partition coefficient (Wildman–Crippen LogP) is 12.0. The first-order valence-electron chi connectivity index (χ1n) is 16.7. The molecule has 0 aliphatic rings. The minimum atomic E-state index is 0.664. The average molecular weight is 657 g/mol. The second-order valence-electron chi connectivity index (χ2n) is 12.5. The number of thiophene rings is 1. The van der Waals surface area contributed by atoms with Gasteiger partial charge in [-0.15, -0.1) is 11.3 Å². The summed E-state index contributed by atoms with van der Waals surface area (Å²) in [6.07, 6.45) is 0. The van der Waals surface area contributed by atoms with Crippen LogP contribution >= 0.6 is 11.3 Å². The lowest BCUT2D eigenvalue weighted by atomic mass is 9.99. The van der Waals surface area contributed by atoms with Crippen LogP contribution in [0.25, 0.3) is 93.0 Å².